The van der Waals surface area contributed by atoms with Crippen LogP contribution in [0.3, 0.4) is 0 Å². The third-order valence-corrected chi connectivity index (χ3v) is 4.19. The van der Waals surface area contributed by atoms with Gasteiger partial charge in [0.15, 0.2) is 6.73 Å². The molecule has 0 unspecified atom stereocenters. The van der Waals surface area contributed by atoms with Gasteiger partial charge in [0.25, 0.3) is 0 Å². The molecule has 1 aliphatic rings. The molecule has 0 bridgehead atoms. The molecule has 1 atom stereocenters. The van der Waals surface area contributed by atoms with Crippen molar-refractivity contribution in [1.82, 2.24) is 4.90 Å². The minimum atomic E-state index is -1.04. The fourth-order valence-corrected chi connectivity index (χ4v) is 2.75. The number of nitrogens with one attached hydrogen (secondary N) is 1. The third-order valence-electron chi connectivity index (χ3n) is 4.19. The maximum Gasteiger partial charge on any atom is 0.413 e. The van der Waals surface area contributed by atoms with Crippen molar-refractivity contribution in [2.75, 3.05) is 19.2 Å². The maximum atomic E-state index is 12.4. The number of amides is 2. The van der Waals surface area contributed by atoms with Crippen LogP contribution in [0.2, 0.25) is 0 Å². The van der Waals surface area contributed by atoms with Gasteiger partial charge in [0, 0.05) is 0 Å². The normalized spacial score (nSPS) is 15.7. The van der Waals surface area contributed by atoms with Crippen LogP contribution in [-0.4, -0.2) is 42.8 Å². The van der Waals surface area contributed by atoms with Gasteiger partial charge in [0.2, 0.25) is 5.91 Å². The molecule has 0 saturated carbocycles. The molecule has 8 nitrogen and oxygen atoms in total. The number of carbonyl (C=O) groups excluding carboxylic acids is 3. The number of esters is 1. The summed E-state index contributed by atoms with van der Waals surface area (Å²) < 4.78 is 15.3. The minimum Gasteiger partial charge on any atom is -0.495 e. The maximum absolute atomic E-state index is 12.4. The molecule has 2 aromatic rings. The fraction of sp³-hybridized carbons (Fsp3) is 0.250. The molecule has 0 aliphatic carbocycles. The molecule has 0 spiro atoms. The van der Waals surface area contributed by atoms with Gasteiger partial charge >= 0.3 is 12.1 Å². The smallest absolute Gasteiger partial charge is 0.413 e. The lowest BCUT2D eigenvalue weighted by Crippen LogP contribution is -2.40. The zero-order valence-electron chi connectivity index (χ0n) is 15.3. The van der Waals surface area contributed by atoms with Crippen LogP contribution in [-0.2, 0) is 25.7 Å². The van der Waals surface area contributed by atoms with E-state index in [1.807, 2.05) is 30.3 Å². The van der Waals surface area contributed by atoms with Crippen molar-refractivity contribution in [2.45, 2.75) is 19.1 Å². The van der Waals surface area contributed by atoms with E-state index in [2.05, 4.69) is 5.32 Å². The van der Waals surface area contributed by atoms with E-state index < -0.39 is 24.0 Å². The number of anilines is 1. The molecule has 0 radical (unpaired) electrons. The van der Waals surface area contributed by atoms with Gasteiger partial charge in [-0.2, -0.15) is 0 Å². The standard InChI is InChI=1S/C20H20N2O6/c1-26-17-10-6-5-9-15(17)21-18(23)11-16-19(24)28-13-22(16)20(25)27-12-14-7-3-2-4-8-14/h2-10,16H,11-13H2,1H3,(H,21,23)/t16-/m0/s1. The summed E-state index contributed by atoms with van der Waals surface area (Å²) >= 11 is 0. The third kappa shape index (κ3) is 4.59. The summed E-state index contributed by atoms with van der Waals surface area (Å²) in [4.78, 5) is 37.8. The van der Waals surface area contributed by atoms with Gasteiger partial charge in [-0.25, -0.2) is 9.59 Å². The quantitative estimate of drug-likeness (QED) is 0.770. The van der Waals surface area contributed by atoms with Crippen LogP contribution in [0.4, 0.5) is 10.5 Å². The van der Waals surface area contributed by atoms with E-state index in [1.165, 1.54) is 7.11 Å². The van der Waals surface area contributed by atoms with E-state index >= 15 is 0 Å². The number of rotatable bonds is 6. The summed E-state index contributed by atoms with van der Waals surface area (Å²) in [7, 11) is 1.49. The van der Waals surface area contributed by atoms with E-state index in [9.17, 15) is 14.4 Å². The Labute approximate surface area is 162 Å². The molecule has 146 valence electrons. The highest BCUT2D eigenvalue weighted by molar-refractivity contribution is 5.96. The SMILES string of the molecule is COc1ccccc1NC(=O)C[C@H]1C(=O)OCN1C(=O)OCc1ccccc1. The first-order valence-electron chi connectivity index (χ1n) is 8.65. The van der Waals surface area contributed by atoms with Gasteiger partial charge in [-0.05, 0) is 17.7 Å². The monoisotopic (exact) mass is 384 g/mol. The van der Waals surface area contributed by atoms with Crippen molar-refractivity contribution < 1.29 is 28.6 Å². The summed E-state index contributed by atoms with van der Waals surface area (Å²) in [6.45, 7) is -0.191. The predicted molar refractivity (Wildman–Crippen MR) is 99.5 cm³/mol. The number of para-hydroxylation sites is 2. The van der Waals surface area contributed by atoms with Crippen LogP contribution in [0.25, 0.3) is 0 Å². The van der Waals surface area contributed by atoms with Crippen molar-refractivity contribution in [1.29, 1.82) is 0 Å². The number of ether oxygens (including phenoxy) is 3. The van der Waals surface area contributed by atoms with Crippen LogP contribution in [0, 0.1) is 0 Å². The number of cyclic esters (lactones) is 1. The second-order valence-corrected chi connectivity index (χ2v) is 6.07. The van der Waals surface area contributed by atoms with Crippen molar-refractivity contribution in [2.24, 2.45) is 0 Å². The number of nitrogens with zero attached hydrogens (tertiary/aromatic N) is 1. The zero-order chi connectivity index (χ0) is 19.9. The van der Waals surface area contributed by atoms with E-state index in [1.54, 1.807) is 24.3 Å². The van der Waals surface area contributed by atoms with Crippen LogP contribution >= 0.6 is 0 Å². The molecule has 1 saturated heterocycles. The van der Waals surface area contributed by atoms with Crippen molar-refractivity contribution in [3.63, 3.8) is 0 Å². The summed E-state index contributed by atoms with van der Waals surface area (Å²) in [5.74, 6) is -0.606. The van der Waals surface area contributed by atoms with E-state index in [0.717, 1.165) is 10.5 Å². The first kappa shape index (κ1) is 19.2. The molecule has 28 heavy (non-hydrogen) atoms. The zero-order valence-corrected chi connectivity index (χ0v) is 15.3. The van der Waals surface area contributed by atoms with Crippen molar-refractivity contribution in [3.8, 4) is 5.75 Å². The summed E-state index contributed by atoms with van der Waals surface area (Å²) in [6, 6.07) is 15.0. The first-order chi connectivity index (χ1) is 13.6. The molecule has 2 aromatic carbocycles. The topological polar surface area (TPSA) is 94.2 Å². The van der Waals surface area contributed by atoms with Crippen LogP contribution < -0.4 is 10.1 Å². The Morgan fingerprint density at radius 2 is 1.86 bits per heavy atom. The lowest BCUT2D eigenvalue weighted by atomic mass is 10.2. The Balaban J connectivity index is 1.60. The molecule has 1 heterocycles. The molecule has 2 amide bonds. The Morgan fingerprint density at radius 1 is 1.14 bits per heavy atom. The minimum absolute atomic E-state index is 0.0600. The van der Waals surface area contributed by atoms with Crippen LogP contribution in [0.1, 0.15) is 12.0 Å². The predicted octanol–water partition coefficient (Wildman–Crippen LogP) is 2.55. The Morgan fingerprint density at radius 3 is 2.61 bits per heavy atom. The number of hydrogen-bond donors (Lipinski definition) is 1. The van der Waals surface area contributed by atoms with Gasteiger partial charge in [-0.3, -0.25) is 9.69 Å². The number of methoxy groups -OCH3 is 1. The second-order valence-electron chi connectivity index (χ2n) is 6.07. The van der Waals surface area contributed by atoms with Gasteiger partial charge < -0.3 is 19.5 Å². The lowest BCUT2D eigenvalue weighted by Gasteiger charge is -2.19. The van der Waals surface area contributed by atoms with Crippen LogP contribution in [0.15, 0.2) is 54.6 Å². The van der Waals surface area contributed by atoms with Crippen molar-refractivity contribution in [3.05, 3.63) is 60.2 Å². The van der Waals surface area contributed by atoms with Crippen LogP contribution in [0.5, 0.6) is 5.75 Å². The molecular formula is C20H20N2O6. The first-order valence-corrected chi connectivity index (χ1v) is 8.65. The number of hydrogen-bond acceptors (Lipinski definition) is 6. The Bertz CT molecular complexity index is 855. The second kappa shape index (κ2) is 8.90. The Kier molecular flexibility index (Phi) is 6.11. The molecular weight excluding hydrogens is 364 g/mol. The van der Waals surface area contributed by atoms with Gasteiger partial charge in [0.1, 0.15) is 18.4 Å². The fourth-order valence-electron chi connectivity index (χ4n) is 2.75. The average molecular weight is 384 g/mol. The highest BCUT2D eigenvalue weighted by atomic mass is 16.6. The summed E-state index contributed by atoms with van der Waals surface area (Å²) in [6.07, 6.45) is -0.970. The number of benzene rings is 2. The molecule has 8 heteroatoms. The molecule has 1 N–H and O–H groups in total. The highest BCUT2D eigenvalue weighted by Crippen LogP contribution is 2.24. The van der Waals surface area contributed by atoms with E-state index in [4.69, 9.17) is 14.2 Å². The van der Waals surface area contributed by atoms with Crippen molar-refractivity contribution >= 4 is 23.7 Å². The van der Waals surface area contributed by atoms with E-state index in [0.29, 0.717) is 11.4 Å². The number of carbonyl (C=O) groups is 3. The largest absolute Gasteiger partial charge is 0.495 e. The summed E-state index contributed by atoms with van der Waals surface area (Å²) in [5, 5.41) is 2.68. The highest BCUT2D eigenvalue weighted by Gasteiger charge is 2.40. The average Bonchev–Trinajstić information content (AvgIpc) is 3.07. The van der Waals surface area contributed by atoms with E-state index in [-0.39, 0.29) is 19.8 Å². The summed E-state index contributed by atoms with van der Waals surface area (Å²) in [5.41, 5.74) is 1.28. The lowest BCUT2D eigenvalue weighted by molar-refractivity contribution is -0.140. The Hall–Kier alpha value is -3.55. The molecule has 1 aliphatic heterocycles. The van der Waals surface area contributed by atoms with Gasteiger partial charge in [-0.15, -0.1) is 0 Å². The van der Waals surface area contributed by atoms with Gasteiger partial charge in [-0.1, -0.05) is 42.5 Å². The molecule has 1 fully saturated rings. The molecule has 0 aromatic heterocycles. The molecule has 3 rings (SSSR count). The van der Waals surface area contributed by atoms with Gasteiger partial charge in [0.05, 0.1) is 19.2 Å².